The molecule has 0 aliphatic carbocycles. The first-order chi connectivity index (χ1) is 6.02. The van der Waals surface area contributed by atoms with Crippen molar-refractivity contribution in [1.29, 1.82) is 0 Å². The molecule has 0 heterocycles. The Balaban J connectivity index is 0. The lowest BCUT2D eigenvalue weighted by molar-refractivity contribution is 0.314. The Morgan fingerprint density at radius 3 is 1.54 bits per heavy atom. The first-order valence-corrected chi connectivity index (χ1v) is 7.61. The van der Waals surface area contributed by atoms with Gasteiger partial charge in [0.2, 0.25) is 0 Å². The normalized spacial score (nSPS) is 12.8. The molecule has 0 saturated heterocycles. The fraction of sp³-hybridized carbons (Fsp3) is 1.00. The molecule has 0 rings (SSSR count). The van der Waals surface area contributed by atoms with E-state index >= 15 is 0 Å². The van der Waals surface area contributed by atoms with Gasteiger partial charge in [0.15, 0.2) is 15.2 Å². The van der Waals surface area contributed by atoms with E-state index in [0.29, 0.717) is 0 Å². The van der Waals surface area contributed by atoms with E-state index in [2.05, 4.69) is 32.3 Å². The topological polar surface area (TPSA) is 52.0 Å². The zero-order valence-corrected chi connectivity index (χ0v) is 11.1. The quantitative estimate of drug-likeness (QED) is 0.684. The van der Waals surface area contributed by atoms with Crippen LogP contribution in [-0.4, -0.2) is 26.8 Å². The predicted molar refractivity (Wildman–Crippen MR) is 63.2 cm³/mol. The van der Waals surface area contributed by atoms with Crippen LogP contribution in [0.2, 0.25) is 11.6 Å². The van der Waals surface area contributed by atoms with E-state index < -0.39 is 0 Å². The third-order valence-corrected chi connectivity index (χ3v) is 2.49. The van der Waals surface area contributed by atoms with Crippen LogP contribution >= 0.6 is 0 Å². The molecule has 3 heteroatoms. The molecule has 2 nitrogen and oxygen atoms in total. The molecule has 79 valence electrons. The molecule has 0 aromatic carbocycles. The summed E-state index contributed by atoms with van der Waals surface area (Å²) in [4.78, 5) is 0. The zero-order chi connectivity index (χ0) is 10.9. The van der Waals surface area contributed by atoms with Crippen LogP contribution in [0.3, 0.4) is 0 Å². The monoisotopic (exact) mass is 201 g/mol. The highest BCUT2D eigenvalue weighted by Crippen LogP contribution is 2.16. The van der Waals surface area contributed by atoms with Gasteiger partial charge in [-0.25, -0.2) is 0 Å². The maximum atomic E-state index is 6.03. The van der Waals surface area contributed by atoms with E-state index in [4.69, 9.17) is 11.5 Å². The Bertz CT molecular complexity index is 103. The van der Waals surface area contributed by atoms with E-state index in [1.54, 1.807) is 0 Å². The summed E-state index contributed by atoms with van der Waals surface area (Å²) < 4.78 is 0. The molecular formula is C10H26AlN2. The smallest absolute Gasteiger partial charge is 0.191 e. The number of hydrogen-bond donors (Lipinski definition) is 2. The minimum atomic E-state index is -0.130. The molecule has 0 aromatic heterocycles. The molecular weight excluding hydrogens is 175 g/mol. The molecule has 0 saturated carbocycles. The average Bonchev–Trinajstić information content (AvgIpc) is 2.16. The van der Waals surface area contributed by atoms with Crippen molar-refractivity contribution in [2.24, 2.45) is 11.5 Å². The second-order valence-corrected chi connectivity index (χ2v) is 4.69. The van der Waals surface area contributed by atoms with Gasteiger partial charge in [0.25, 0.3) is 0 Å². The summed E-state index contributed by atoms with van der Waals surface area (Å²) in [6.07, 6.45) is 2.91. The van der Waals surface area contributed by atoms with Crippen molar-refractivity contribution in [1.82, 2.24) is 0 Å². The van der Waals surface area contributed by atoms with Gasteiger partial charge in [-0.2, -0.15) is 0 Å². The van der Waals surface area contributed by atoms with E-state index in [1.165, 1.54) is 0 Å². The van der Waals surface area contributed by atoms with Gasteiger partial charge in [0.1, 0.15) is 0 Å². The largest absolute Gasteiger partial charge is 0.326 e. The fourth-order valence-electron chi connectivity index (χ4n) is 1.18. The summed E-state index contributed by atoms with van der Waals surface area (Å²) >= 11 is 0.750. The summed E-state index contributed by atoms with van der Waals surface area (Å²) in [6, 6.07) is 0.155. The molecule has 0 spiro atoms. The maximum Gasteiger partial charge on any atom is 0.191 e. The van der Waals surface area contributed by atoms with Gasteiger partial charge >= 0.3 is 0 Å². The first kappa shape index (κ1) is 15.9. The molecule has 0 bridgehead atoms. The third-order valence-electron chi connectivity index (χ3n) is 2.49. The van der Waals surface area contributed by atoms with E-state index in [1.807, 2.05) is 0 Å². The highest BCUT2D eigenvalue weighted by Gasteiger charge is 2.26. The molecule has 0 aliphatic heterocycles. The molecule has 13 heavy (non-hydrogen) atoms. The van der Waals surface area contributed by atoms with E-state index in [9.17, 15) is 0 Å². The van der Waals surface area contributed by atoms with Crippen molar-refractivity contribution in [3.05, 3.63) is 0 Å². The van der Waals surface area contributed by atoms with Crippen molar-refractivity contribution in [2.75, 3.05) is 0 Å². The predicted octanol–water partition coefficient (Wildman–Crippen LogP) is 2.03. The van der Waals surface area contributed by atoms with Crippen LogP contribution in [0.15, 0.2) is 0 Å². The summed E-state index contributed by atoms with van der Waals surface area (Å²) in [7, 11) is 0. The summed E-state index contributed by atoms with van der Waals surface area (Å²) in [5, 5.41) is 0. The highest BCUT2D eigenvalue weighted by molar-refractivity contribution is 6.31. The molecule has 1 unspecified atom stereocenters. The molecule has 0 fully saturated rings. The lowest BCUT2D eigenvalue weighted by atomic mass is 9.85. The Hall–Kier alpha value is 0.452. The Labute approximate surface area is 90.2 Å². The third kappa shape index (κ3) is 6.51. The number of rotatable bonds is 4. The highest BCUT2D eigenvalue weighted by atomic mass is 27.1. The maximum absolute atomic E-state index is 6.03. The van der Waals surface area contributed by atoms with E-state index in [-0.39, 0.29) is 11.6 Å². The van der Waals surface area contributed by atoms with Crippen molar-refractivity contribution < 1.29 is 0 Å². The van der Waals surface area contributed by atoms with Gasteiger partial charge in [-0.1, -0.05) is 20.8 Å². The summed E-state index contributed by atoms with van der Waals surface area (Å²) in [6.45, 7) is 6.27. The summed E-state index contributed by atoms with van der Waals surface area (Å²) in [5.41, 5.74) is 11.7. The molecule has 0 aromatic rings. The van der Waals surface area contributed by atoms with Gasteiger partial charge in [-0.15, -0.1) is 11.6 Å². The average molecular weight is 201 g/mol. The van der Waals surface area contributed by atoms with Crippen molar-refractivity contribution in [3.63, 3.8) is 0 Å². The van der Waals surface area contributed by atoms with Crippen LogP contribution in [0, 0.1) is 0 Å². The van der Waals surface area contributed by atoms with Crippen molar-refractivity contribution in [3.8, 4) is 0 Å². The molecule has 1 radical (unpaired) electrons. The lowest BCUT2D eigenvalue weighted by Crippen LogP contribution is -2.54. The second-order valence-electron chi connectivity index (χ2n) is 3.53. The van der Waals surface area contributed by atoms with Crippen molar-refractivity contribution >= 4 is 15.2 Å². The second kappa shape index (κ2) is 9.03. The standard InChI is InChI=1S/C8H20N2.2CH3.Al/c1-4-7(9)8(10,5-2)6-3;;;/h7H,4-6,9-10H2,1-3H3;2*1H3;. The zero-order valence-electron chi connectivity index (χ0n) is 9.93. The van der Waals surface area contributed by atoms with Gasteiger partial charge in [-0.3, -0.25) is 0 Å². The summed E-state index contributed by atoms with van der Waals surface area (Å²) in [5.74, 6) is 4.42. The van der Waals surface area contributed by atoms with Crippen LogP contribution in [0.5, 0.6) is 0 Å². The Kier molecular flexibility index (Phi) is 11.0. The minimum Gasteiger partial charge on any atom is -0.326 e. The van der Waals surface area contributed by atoms with Crippen LogP contribution in [0.1, 0.15) is 40.0 Å². The SMILES string of the molecule is CCC(N)C(N)(CC)CC.[CH3][Al][CH3]. The van der Waals surface area contributed by atoms with E-state index in [0.717, 1.165) is 34.5 Å². The molecule has 0 aliphatic rings. The molecule has 4 N–H and O–H groups in total. The van der Waals surface area contributed by atoms with Gasteiger partial charge in [-0.05, 0) is 19.3 Å². The first-order valence-electron chi connectivity index (χ1n) is 5.30. The van der Waals surface area contributed by atoms with Crippen LogP contribution < -0.4 is 11.5 Å². The number of nitrogens with two attached hydrogens (primary N) is 2. The van der Waals surface area contributed by atoms with Gasteiger partial charge in [0, 0.05) is 11.6 Å². The Morgan fingerprint density at radius 2 is 1.46 bits per heavy atom. The van der Waals surface area contributed by atoms with Crippen molar-refractivity contribution in [2.45, 2.75) is 63.2 Å². The van der Waals surface area contributed by atoms with Gasteiger partial charge in [0.05, 0.1) is 0 Å². The van der Waals surface area contributed by atoms with Crippen LogP contribution in [-0.2, 0) is 0 Å². The molecule has 1 atom stereocenters. The minimum absolute atomic E-state index is 0.130. The lowest BCUT2D eigenvalue weighted by Gasteiger charge is -2.32. The molecule has 0 amide bonds. The Morgan fingerprint density at radius 1 is 1.15 bits per heavy atom. The van der Waals surface area contributed by atoms with Crippen LogP contribution in [0.4, 0.5) is 0 Å². The van der Waals surface area contributed by atoms with Gasteiger partial charge < -0.3 is 11.5 Å². The number of hydrogen-bond acceptors (Lipinski definition) is 2. The fourth-order valence-corrected chi connectivity index (χ4v) is 1.18. The van der Waals surface area contributed by atoms with Crippen LogP contribution in [0.25, 0.3) is 0 Å².